The molecule has 1 aliphatic carbocycles. The Hall–Kier alpha value is -1.65. The van der Waals surface area contributed by atoms with Crippen LogP contribution in [0.2, 0.25) is 0 Å². The fraction of sp³-hybridized carbons (Fsp3) is 0.667. The molecule has 0 bridgehead atoms. The summed E-state index contributed by atoms with van der Waals surface area (Å²) in [5.74, 6) is 2.66. The van der Waals surface area contributed by atoms with E-state index in [-0.39, 0.29) is 5.41 Å². The molecule has 20 heavy (non-hydrogen) atoms. The third-order valence-corrected chi connectivity index (χ3v) is 4.09. The van der Waals surface area contributed by atoms with Crippen LogP contribution in [0.15, 0.2) is 6.33 Å². The molecule has 1 aliphatic heterocycles. The lowest BCUT2D eigenvalue weighted by Gasteiger charge is -2.28. The largest absolute Gasteiger partial charge is 0.355 e. The highest BCUT2D eigenvalue weighted by Crippen LogP contribution is 2.44. The summed E-state index contributed by atoms with van der Waals surface area (Å²) < 4.78 is 1.93. The van der Waals surface area contributed by atoms with E-state index < -0.39 is 0 Å². The van der Waals surface area contributed by atoms with Gasteiger partial charge in [0.1, 0.15) is 12.1 Å². The molecule has 2 aliphatic rings. The average molecular weight is 271 g/mol. The number of hydrogen-bond donors (Lipinski definition) is 0. The van der Waals surface area contributed by atoms with E-state index >= 15 is 0 Å². The molecule has 3 heterocycles. The Labute approximate surface area is 119 Å². The molecule has 1 fully saturated rings. The zero-order chi connectivity index (χ0) is 13.9. The first-order valence-corrected chi connectivity index (χ1v) is 7.50. The van der Waals surface area contributed by atoms with Gasteiger partial charge in [-0.15, -0.1) is 0 Å². The van der Waals surface area contributed by atoms with Crippen molar-refractivity contribution in [1.29, 1.82) is 0 Å². The molecule has 0 N–H and O–H groups in total. The molecular formula is C15H21N5. The Kier molecular flexibility index (Phi) is 2.38. The molecular weight excluding hydrogens is 250 g/mol. The molecule has 4 rings (SSSR count). The zero-order valence-corrected chi connectivity index (χ0v) is 12.4. The predicted octanol–water partition coefficient (Wildman–Crippen LogP) is 2.41. The van der Waals surface area contributed by atoms with Gasteiger partial charge in [0, 0.05) is 24.6 Å². The molecule has 0 radical (unpaired) electrons. The SMILES string of the molecule is CC(C)(C)CN1CCc2c(C3CC3)nc3ncnn3c21. The molecule has 0 saturated heterocycles. The van der Waals surface area contributed by atoms with E-state index in [0.717, 1.165) is 25.3 Å². The van der Waals surface area contributed by atoms with Gasteiger partial charge in [0.25, 0.3) is 5.78 Å². The van der Waals surface area contributed by atoms with Crippen LogP contribution in [-0.2, 0) is 6.42 Å². The van der Waals surface area contributed by atoms with Gasteiger partial charge in [0.05, 0.1) is 5.69 Å². The second-order valence-corrected chi connectivity index (χ2v) is 7.28. The second kappa shape index (κ2) is 3.93. The molecule has 5 heteroatoms. The first-order valence-electron chi connectivity index (χ1n) is 7.50. The van der Waals surface area contributed by atoms with Gasteiger partial charge in [-0.25, -0.2) is 4.98 Å². The Morgan fingerprint density at radius 2 is 2.10 bits per heavy atom. The summed E-state index contributed by atoms with van der Waals surface area (Å²) in [5, 5.41) is 4.39. The molecule has 5 nitrogen and oxygen atoms in total. The van der Waals surface area contributed by atoms with Crippen LogP contribution < -0.4 is 4.90 Å². The van der Waals surface area contributed by atoms with Crippen LogP contribution in [0.5, 0.6) is 0 Å². The van der Waals surface area contributed by atoms with Crippen molar-refractivity contribution in [3.05, 3.63) is 17.6 Å². The van der Waals surface area contributed by atoms with Crippen molar-refractivity contribution in [2.75, 3.05) is 18.0 Å². The Morgan fingerprint density at radius 3 is 2.80 bits per heavy atom. The zero-order valence-electron chi connectivity index (χ0n) is 12.4. The Balaban J connectivity index is 1.87. The summed E-state index contributed by atoms with van der Waals surface area (Å²) in [6, 6.07) is 0. The number of hydrogen-bond acceptors (Lipinski definition) is 4. The lowest BCUT2D eigenvalue weighted by molar-refractivity contribution is 0.412. The van der Waals surface area contributed by atoms with Gasteiger partial charge < -0.3 is 4.90 Å². The van der Waals surface area contributed by atoms with E-state index in [1.54, 1.807) is 6.33 Å². The average Bonchev–Trinajstić information content (AvgIpc) is 2.96. The molecule has 0 amide bonds. The standard InChI is InChI=1S/C15H21N5/c1-15(2,3)8-19-7-6-11-12(10-4-5-10)18-14-16-9-17-20(14)13(11)19/h9-10H,4-8H2,1-3H3. The summed E-state index contributed by atoms with van der Waals surface area (Å²) in [7, 11) is 0. The van der Waals surface area contributed by atoms with Crippen LogP contribution >= 0.6 is 0 Å². The van der Waals surface area contributed by atoms with Gasteiger partial charge in [-0.1, -0.05) is 20.8 Å². The molecule has 0 atom stereocenters. The van der Waals surface area contributed by atoms with Crippen LogP contribution in [0.3, 0.4) is 0 Å². The van der Waals surface area contributed by atoms with Gasteiger partial charge in [-0.05, 0) is 24.7 Å². The summed E-state index contributed by atoms with van der Waals surface area (Å²) in [5.41, 5.74) is 2.98. The van der Waals surface area contributed by atoms with E-state index in [1.165, 1.54) is 29.9 Å². The van der Waals surface area contributed by atoms with Crippen molar-refractivity contribution in [1.82, 2.24) is 19.6 Å². The van der Waals surface area contributed by atoms with Crippen LogP contribution in [-0.4, -0.2) is 32.7 Å². The first-order chi connectivity index (χ1) is 9.53. The minimum Gasteiger partial charge on any atom is -0.355 e. The second-order valence-electron chi connectivity index (χ2n) is 7.28. The summed E-state index contributed by atoms with van der Waals surface area (Å²) >= 11 is 0. The molecule has 2 aromatic rings. The number of rotatable bonds is 2. The van der Waals surface area contributed by atoms with Gasteiger partial charge >= 0.3 is 0 Å². The van der Waals surface area contributed by atoms with E-state index in [1.807, 2.05) is 4.52 Å². The maximum Gasteiger partial charge on any atom is 0.254 e. The monoisotopic (exact) mass is 271 g/mol. The smallest absolute Gasteiger partial charge is 0.254 e. The normalized spacial score (nSPS) is 18.9. The summed E-state index contributed by atoms with van der Waals surface area (Å²) in [6.07, 6.45) is 5.28. The first kappa shape index (κ1) is 12.1. The van der Waals surface area contributed by atoms with Gasteiger partial charge in [-0.3, -0.25) is 0 Å². The van der Waals surface area contributed by atoms with Crippen molar-refractivity contribution in [2.45, 2.75) is 46.0 Å². The van der Waals surface area contributed by atoms with E-state index in [9.17, 15) is 0 Å². The highest BCUT2D eigenvalue weighted by molar-refractivity contribution is 5.59. The van der Waals surface area contributed by atoms with Crippen molar-refractivity contribution < 1.29 is 0 Å². The molecule has 0 unspecified atom stereocenters. The molecule has 0 spiro atoms. The molecule has 1 saturated carbocycles. The minimum absolute atomic E-state index is 0.275. The van der Waals surface area contributed by atoms with Crippen LogP contribution in [0.25, 0.3) is 5.78 Å². The van der Waals surface area contributed by atoms with E-state index in [0.29, 0.717) is 5.92 Å². The summed E-state index contributed by atoms with van der Waals surface area (Å²) in [6.45, 7) is 8.97. The van der Waals surface area contributed by atoms with E-state index in [4.69, 9.17) is 4.98 Å². The quantitative estimate of drug-likeness (QED) is 0.841. The lowest BCUT2D eigenvalue weighted by Crippen LogP contribution is -2.32. The highest BCUT2D eigenvalue weighted by Gasteiger charge is 2.35. The third-order valence-electron chi connectivity index (χ3n) is 4.09. The highest BCUT2D eigenvalue weighted by atomic mass is 15.4. The van der Waals surface area contributed by atoms with Crippen molar-refractivity contribution >= 4 is 11.6 Å². The van der Waals surface area contributed by atoms with Gasteiger partial charge in [0.15, 0.2) is 0 Å². The molecule has 2 aromatic heterocycles. The minimum atomic E-state index is 0.275. The maximum atomic E-state index is 4.76. The molecule has 0 aromatic carbocycles. The number of anilines is 1. The van der Waals surface area contributed by atoms with Gasteiger partial charge in [-0.2, -0.15) is 14.6 Å². The van der Waals surface area contributed by atoms with Crippen LogP contribution in [0.1, 0.15) is 50.8 Å². The molecule has 106 valence electrons. The van der Waals surface area contributed by atoms with Crippen LogP contribution in [0, 0.1) is 5.41 Å². The van der Waals surface area contributed by atoms with Crippen molar-refractivity contribution in [3.8, 4) is 0 Å². The van der Waals surface area contributed by atoms with Crippen molar-refractivity contribution in [2.24, 2.45) is 5.41 Å². The summed E-state index contributed by atoms with van der Waals surface area (Å²) in [4.78, 5) is 11.5. The predicted molar refractivity (Wildman–Crippen MR) is 78.1 cm³/mol. The fourth-order valence-electron chi connectivity index (χ4n) is 3.22. The number of nitrogens with zero attached hydrogens (tertiary/aromatic N) is 5. The topological polar surface area (TPSA) is 46.3 Å². The van der Waals surface area contributed by atoms with Crippen LogP contribution in [0.4, 0.5) is 5.82 Å². The third kappa shape index (κ3) is 1.87. The Morgan fingerprint density at radius 1 is 1.30 bits per heavy atom. The lowest BCUT2D eigenvalue weighted by atomic mass is 9.96. The number of fused-ring (bicyclic) bond motifs is 3. The maximum absolute atomic E-state index is 4.76. The van der Waals surface area contributed by atoms with Gasteiger partial charge in [0.2, 0.25) is 0 Å². The van der Waals surface area contributed by atoms with Crippen molar-refractivity contribution in [3.63, 3.8) is 0 Å². The fourth-order valence-corrected chi connectivity index (χ4v) is 3.22. The van der Waals surface area contributed by atoms with E-state index in [2.05, 4.69) is 35.8 Å². The Bertz CT molecular complexity index is 663. The number of aromatic nitrogens is 4.